The summed E-state index contributed by atoms with van der Waals surface area (Å²) in [6.45, 7) is 4.71. The van der Waals surface area contributed by atoms with Crippen LogP contribution >= 0.6 is 11.6 Å². The molecule has 0 spiro atoms. The minimum absolute atomic E-state index is 0.172. The molecule has 0 amide bonds. The Balaban J connectivity index is 1.57. The number of ether oxygens (including phenoxy) is 1. The summed E-state index contributed by atoms with van der Waals surface area (Å²) < 4.78 is 10.8. The summed E-state index contributed by atoms with van der Waals surface area (Å²) in [4.78, 5) is 11.1. The first kappa shape index (κ1) is 15.5. The van der Waals surface area contributed by atoms with Crippen molar-refractivity contribution < 1.29 is 9.26 Å². The van der Waals surface area contributed by atoms with Crippen molar-refractivity contribution in [2.75, 3.05) is 19.7 Å². The van der Waals surface area contributed by atoms with E-state index in [2.05, 4.69) is 20.0 Å². The van der Waals surface area contributed by atoms with Gasteiger partial charge >= 0.3 is 0 Å². The number of pyridine rings is 1. The van der Waals surface area contributed by atoms with Crippen LogP contribution in [0.2, 0.25) is 5.02 Å². The van der Waals surface area contributed by atoms with Gasteiger partial charge in [-0.15, -0.1) is 0 Å². The van der Waals surface area contributed by atoms with E-state index in [0.717, 1.165) is 34.6 Å². The van der Waals surface area contributed by atoms with E-state index in [1.165, 1.54) is 0 Å². The zero-order valence-corrected chi connectivity index (χ0v) is 14.0. The zero-order chi connectivity index (χ0) is 16.5. The highest BCUT2D eigenvalue weighted by molar-refractivity contribution is 6.31. The molecule has 0 N–H and O–H groups in total. The predicted octanol–water partition coefficient (Wildman–Crippen LogP) is 3.15. The van der Waals surface area contributed by atoms with E-state index in [1.54, 1.807) is 6.92 Å². The molecule has 2 aromatic heterocycles. The molecule has 1 aliphatic heterocycles. The van der Waals surface area contributed by atoms with Crippen LogP contribution in [-0.4, -0.2) is 39.7 Å². The number of rotatable bonds is 3. The number of aryl methyl sites for hydroxylation is 1. The van der Waals surface area contributed by atoms with Gasteiger partial charge in [0.15, 0.2) is 0 Å². The summed E-state index contributed by atoms with van der Waals surface area (Å²) in [5.41, 5.74) is 2.10. The Morgan fingerprint density at radius 2 is 2.29 bits per heavy atom. The second-order valence-electron chi connectivity index (χ2n) is 5.91. The van der Waals surface area contributed by atoms with Crippen LogP contribution in [0.3, 0.4) is 0 Å². The largest absolute Gasteiger partial charge is 0.367 e. The van der Waals surface area contributed by atoms with E-state index in [4.69, 9.17) is 20.9 Å². The molecule has 1 saturated heterocycles. The molecule has 1 atom stereocenters. The maximum atomic E-state index is 6.27. The first-order valence-corrected chi connectivity index (χ1v) is 8.24. The lowest BCUT2D eigenvalue weighted by molar-refractivity contribution is -0.0379. The summed E-state index contributed by atoms with van der Waals surface area (Å²) in [6, 6.07) is 7.88. The van der Waals surface area contributed by atoms with E-state index in [0.29, 0.717) is 24.9 Å². The van der Waals surface area contributed by atoms with Gasteiger partial charge in [0.05, 0.1) is 12.1 Å². The van der Waals surface area contributed by atoms with Crippen LogP contribution < -0.4 is 0 Å². The van der Waals surface area contributed by atoms with Crippen LogP contribution in [0.15, 0.2) is 35.0 Å². The molecule has 1 unspecified atom stereocenters. The molecule has 1 fully saturated rings. The highest BCUT2D eigenvalue weighted by atomic mass is 35.5. The van der Waals surface area contributed by atoms with Crippen molar-refractivity contribution >= 4 is 22.5 Å². The molecule has 0 aliphatic carbocycles. The molecule has 1 aliphatic rings. The standard InChI is InChI=1S/C17H17ClN4O2/c1-11-20-17(21-24-11)15-10-22(5-6-23-15)9-13-8-14(18)7-12-3-2-4-19-16(12)13/h2-4,7-8,15H,5-6,9-10H2,1H3. The lowest BCUT2D eigenvalue weighted by Crippen LogP contribution is -2.38. The van der Waals surface area contributed by atoms with Gasteiger partial charge in [-0.3, -0.25) is 9.88 Å². The maximum Gasteiger partial charge on any atom is 0.223 e. The third kappa shape index (κ3) is 3.13. The van der Waals surface area contributed by atoms with E-state index in [1.807, 2.05) is 30.5 Å². The Morgan fingerprint density at radius 1 is 1.38 bits per heavy atom. The summed E-state index contributed by atoms with van der Waals surface area (Å²) in [5.74, 6) is 1.15. The van der Waals surface area contributed by atoms with Gasteiger partial charge in [-0.2, -0.15) is 4.98 Å². The molecule has 0 radical (unpaired) electrons. The molecule has 4 rings (SSSR count). The fourth-order valence-electron chi connectivity index (χ4n) is 3.04. The van der Waals surface area contributed by atoms with Gasteiger partial charge in [0, 0.05) is 43.2 Å². The van der Waals surface area contributed by atoms with Gasteiger partial charge in [-0.25, -0.2) is 0 Å². The first-order valence-electron chi connectivity index (χ1n) is 7.86. The third-order valence-electron chi connectivity index (χ3n) is 4.12. The second-order valence-corrected chi connectivity index (χ2v) is 6.34. The first-order chi connectivity index (χ1) is 11.7. The number of morpholine rings is 1. The number of benzene rings is 1. The lowest BCUT2D eigenvalue weighted by Gasteiger charge is -2.31. The summed E-state index contributed by atoms with van der Waals surface area (Å²) in [7, 11) is 0. The monoisotopic (exact) mass is 344 g/mol. The third-order valence-corrected chi connectivity index (χ3v) is 4.34. The molecule has 6 nitrogen and oxygen atoms in total. The molecule has 124 valence electrons. The average Bonchev–Trinajstić information content (AvgIpc) is 3.01. The Kier molecular flexibility index (Phi) is 4.18. The number of aromatic nitrogens is 3. The zero-order valence-electron chi connectivity index (χ0n) is 13.3. The smallest absolute Gasteiger partial charge is 0.223 e. The molecular formula is C17H17ClN4O2. The SMILES string of the molecule is Cc1nc(C2CN(Cc3cc(Cl)cc4cccnc34)CCO2)no1. The number of nitrogens with zero attached hydrogens (tertiary/aromatic N) is 4. The van der Waals surface area contributed by atoms with Crippen molar-refractivity contribution in [3.05, 3.63) is 52.8 Å². The molecule has 7 heteroatoms. The quantitative estimate of drug-likeness (QED) is 0.727. The fraction of sp³-hybridized carbons (Fsp3) is 0.353. The topological polar surface area (TPSA) is 64.3 Å². The normalized spacial score (nSPS) is 19.0. The highest BCUT2D eigenvalue weighted by Crippen LogP contribution is 2.26. The Bertz CT molecular complexity index is 867. The Labute approximate surface area is 144 Å². The van der Waals surface area contributed by atoms with Gasteiger partial charge in [0.25, 0.3) is 0 Å². The average molecular weight is 345 g/mol. The molecule has 3 heterocycles. The number of halogens is 1. The molecule has 1 aromatic carbocycles. The van der Waals surface area contributed by atoms with Gasteiger partial charge in [-0.05, 0) is 23.8 Å². The van der Waals surface area contributed by atoms with Crippen LogP contribution in [0.4, 0.5) is 0 Å². The van der Waals surface area contributed by atoms with Crippen molar-refractivity contribution in [1.82, 2.24) is 20.0 Å². The van der Waals surface area contributed by atoms with E-state index < -0.39 is 0 Å². The van der Waals surface area contributed by atoms with Crippen molar-refractivity contribution in [1.29, 1.82) is 0 Å². The summed E-state index contributed by atoms with van der Waals surface area (Å²) >= 11 is 6.27. The van der Waals surface area contributed by atoms with Crippen molar-refractivity contribution in [3.8, 4) is 0 Å². The summed E-state index contributed by atoms with van der Waals surface area (Å²) in [5, 5.41) is 5.75. The minimum Gasteiger partial charge on any atom is -0.367 e. The van der Waals surface area contributed by atoms with E-state index >= 15 is 0 Å². The van der Waals surface area contributed by atoms with Crippen LogP contribution in [0, 0.1) is 6.92 Å². The van der Waals surface area contributed by atoms with Crippen molar-refractivity contribution in [3.63, 3.8) is 0 Å². The maximum absolute atomic E-state index is 6.27. The number of fused-ring (bicyclic) bond motifs is 1. The minimum atomic E-state index is -0.172. The molecule has 3 aromatic rings. The second kappa shape index (κ2) is 6.47. The Hall–Kier alpha value is -2.02. The summed E-state index contributed by atoms with van der Waals surface area (Å²) in [6.07, 6.45) is 1.64. The fourth-order valence-corrected chi connectivity index (χ4v) is 3.29. The van der Waals surface area contributed by atoms with E-state index in [-0.39, 0.29) is 6.10 Å². The molecule has 0 saturated carbocycles. The van der Waals surface area contributed by atoms with Crippen molar-refractivity contribution in [2.45, 2.75) is 19.6 Å². The van der Waals surface area contributed by atoms with Crippen LogP contribution in [-0.2, 0) is 11.3 Å². The van der Waals surface area contributed by atoms with Crippen LogP contribution in [0.1, 0.15) is 23.4 Å². The van der Waals surface area contributed by atoms with Crippen LogP contribution in [0.25, 0.3) is 10.9 Å². The van der Waals surface area contributed by atoms with Crippen LogP contribution in [0.5, 0.6) is 0 Å². The Morgan fingerprint density at radius 3 is 3.12 bits per heavy atom. The van der Waals surface area contributed by atoms with Gasteiger partial charge in [0.1, 0.15) is 6.10 Å². The molecular weight excluding hydrogens is 328 g/mol. The number of hydrogen-bond acceptors (Lipinski definition) is 6. The number of hydrogen-bond donors (Lipinski definition) is 0. The highest BCUT2D eigenvalue weighted by Gasteiger charge is 2.26. The molecule has 0 bridgehead atoms. The van der Waals surface area contributed by atoms with Gasteiger partial charge in [-0.1, -0.05) is 22.8 Å². The van der Waals surface area contributed by atoms with E-state index in [9.17, 15) is 0 Å². The van der Waals surface area contributed by atoms with Gasteiger partial charge < -0.3 is 9.26 Å². The lowest BCUT2D eigenvalue weighted by atomic mass is 10.1. The predicted molar refractivity (Wildman–Crippen MR) is 89.8 cm³/mol. The van der Waals surface area contributed by atoms with Crippen molar-refractivity contribution in [2.24, 2.45) is 0 Å². The van der Waals surface area contributed by atoms with Gasteiger partial charge in [0.2, 0.25) is 11.7 Å². The molecule has 24 heavy (non-hydrogen) atoms.